The highest BCUT2D eigenvalue weighted by atomic mass is 32.2. The van der Waals surface area contributed by atoms with Crippen LogP contribution < -0.4 is 5.32 Å². The second-order valence-electron chi connectivity index (χ2n) is 6.92. The van der Waals surface area contributed by atoms with Crippen molar-refractivity contribution in [1.82, 2.24) is 4.31 Å². The summed E-state index contributed by atoms with van der Waals surface area (Å²) in [6.45, 7) is 0.412. The monoisotopic (exact) mass is 458 g/mol. The van der Waals surface area contributed by atoms with Gasteiger partial charge in [0.1, 0.15) is 0 Å². The van der Waals surface area contributed by atoms with Crippen molar-refractivity contribution in [1.29, 1.82) is 0 Å². The van der Waals surface area contributed by atoms with E-state index < -0.39 is 27.7 Å². The Labute approximate surface area is 177 Å². The van der Waals surface area contributed by atoms with E-state index in [4.69, 9.17) is 0 Å². The zero-order valence-corrected chi connectivity index (χ0v) is 17.8. The molecule has 1 fully saturated rings. The summed E-state index contributed by atoms with van der Waals surface area (Å²) in [5.41, 5.74) is -0.512. The van der Waals surface area contributed by atoms with Crippen LogP contribution in [-0.4, -0.2) is 38.0 Å². The molecule has 0 unspecified atom stereocenters. The molecule has 1 N–H and O–H groups in total. The number of alkyl halides is 3. The van der Waals surface area contributed by atoms with E-state index >= 15 is 0 Å². The van der Waals surface area contributed by atoms with E-state index in [1.165, 1.54) is 28.2 Å². The molecule has 0 aromatic heterocycles. The number of piperidine rings is 1. The summed E-state index contributed by atoms with van der Waals surface area (Å²) < 4.78 is 64.8. The fourth-order valence-corrected chi connectivity index (χ4v) is 5.12. The van der Waals surface area contributed by atoms with Crippen molar-refractivity contribution in [3.05, 3.63) is 54.1 Å². The number of halogens is 3. The number of carbonyl (C=O) groups excluding carboxylic acids is 1. The summed E-state index contributed by atoms with van der Waals surface area (Å²) >= 11 is 1.52. The maximum Gasteiger partial charge on any atom is 0.416 e. The molecule has 0 radical (unpaired) electrons. The molecule has 1 saturated heterocycles. The predicted octanol–water partition coefficient (Wildman–Crippen LogP) is 4.47. The molecule has 0 spiro atoms. The highest BCUT2D eigenvalue weighted by molar-refractivity contribution is 7.98. The topological polar surface area (TPSA) is 66.5 Å². The molecule has 0 atom stereocenters. The van der Waals surface area contributed by atoms with Crippen LogP contribution in [0, 0.1) is 5.92 Å². The number of thioether (sulfide) groups is 1. The Hall–Kier alpha value is -2.04. The lowest BCUT2D eigenvalue weighted by Gasteiger charge is -2.30. The number of nitrogens with zero attached hydrogens (tertiary/aromatic N) is 1. The van der Waals surface area contributed by atoms with E-state index in [0.717, 1.165) is 17.0 Å². The van der Waals surface area contributed by atoms with Gasteiger partial charge in [0, 0.05) is 29.6 Å². The summed E-state index contributed by atoms with van der Waals surface area (Å²) in [5.74, 6) is -0.728. The van der Waals surface area contributed by atoms with Gasteiger partial charge in [-0.3, -0.25) is 4.79 Å². The predicted molar refractivity (Wildman–Crippen MR) is 110 cm³/mol. The number of carbonyl (C=O) groups is 1. The van der Waals surface area contributed by atoms with Crippen LogP contribution in [0.2, 0.25) is 0 Å². The van der Waals surface area contributed by atoms with Crippen LogP contribution >= 0.6 is 11.8 Å². The number of anilines is 1. The first-order chi connectivity index (χ1) is 14.1. The fraction of sp³-hybridized carbons (Fsp3) is 0.350. The number of benzene rings is 2. The minimum absolute atomic E-state index is 0.206. The van der Waals surface area contributed by atoms with E-state index in [-0.39, 0.29) is 29.6 Å². The molecule has 30 heavy (non-hydrogen) atoms. The van der Waals surface area contributed by atoms with Gasteiger partial charge in [-0.25, -0.2) is 8.42 Å². The Morgan fingerprint density at radius 2 is 1.60 bits per heavy atom. The highest BCUT2D eigenvalue weighted by Gasteiger charge is 2.33. The van der Waals surface area contributed by atoms with Crippen molar-refractivity contribution in [3.8, 4) is 0 Å². The number of rotatable bonds is 5. The number of hydrogen-bond acceptors (Lipinski definition) is 4. The van der Waals surface area contributed by atoms with Crippen LogP contribution in [0.25, 0.3) is 0 Å². The minimum Gasteiger partial charge on any atom is -0.326 e. The third-order valence-electron chi connectivity index (χ3n) is 5.00. The first-order valence-corrected chi connectivity index (χ1v) is 11.9. The van der Waals surface area contributed by atoms with Gasteiger partial charge in [0.05, 0.1) is 10.5 Å². The van der Waals surface area contributed by atoms with Crippen LogP contribution in [0.1, 0.15) is 18.4 Å². The molecule has 2 aromatic carbocycles. The van der Waals surface area contributed by atoms with Crippen molar-refractivity contribution >= 4 is 33.4 Å². The third kappa shape index (κ3) is 5.16. The number of hydrogen-bond donors (Lipinski definition) is 1. The summed E-state index contributed by atoms with van der Waals surface area (Å²) in [7, 11) is -3.63. The smallest absolute Gasteiger partial charge is 0.326 e. The molecule has 2 aromatic rings. The van der Waals surface area contributed by atoms with Gasteiger partial charge >= 0.3 is 6.18 Å². The molecule has 0 saturated carbocycles. The molecular weight excluding hydrogens is 437 g/mol. The largest absolute Gasteiger partial charge is 0.416 e. The van der Waals surface area contributed by atoms with Crippen molar-refractivity contribution in [2.24, 2.45) is 5.92 Å². The summed E-state index contributed by atoms with van der Waals surface area (Å²) in [6, 6.07) is 10.9. The summed E-state index contributed by atoms with van der Waals surface area (Å²) in [6.07, 6.45) is -1.84. The summed E-state index contributed by atoms with van der Waals surface area (Å²) in [5, 5.41) is 2.61. The molecule has 162 valence electrons. The molecule has 1 aliphatic rings. The lowest BCUT2D eigenvalue weighted by Crippen LogP contribution is -2.41. The van der Waals surface area contributed by atoms with E-state index in [1.807, 2.05) is 6.26 Å². The molecule has 10 heteroatoms. The lowest BCUT2D eigenvalue weighted by molar-refractivity contribution is -0.137. The van der Waals surface area contributed by atoms with Crippen molar-refractivity contribution in [2.45, 2.75) is 28.8 Å². The van der Waals surface area contributed by atoms with E-state index in [9.17, 15) is 26.4 Å². The average molecular weight is 459 g/mol. The van der Waals surface area contributed by atoms with Gasteiger partial charge < -0.3 is 5.32 Å². The van der Waals surface area contributed by atoms with Crippen molar-refractivity contribution < 1.29 is 26.4 Å². The van der Waals surface area contributed by atoms with E-state index in [0.29, 0.717) is 12.8 Å². The Balaban J connectivity index is 1.58. The van der Waals surface area contributed by atoms with Gasteiger partial charge in [-0.05, 0) is 67.6 Å². The van der Waals surface area contributed by atoms with Crippen LogP contribution in [0.15, 0.2) is 58.3 Å². The van der Waals surface area contributed by atoms with Crippen LogP contribution in [0.5, 0.6) is 0 Å². The molecule has 1 aliphatic heterocycles. The summed E-state index contributed by atoms with van der Waals surface area (Å²) in [4.78, 5) is 13.6. The normalized spacial score (nSPS) is 16.4. The maximum absolute atomic E-state index is 12.8. The molecule has 1 amide bonds. The molecular formula is C20H21F3N2O3S2. The molecule has 3 rings (SSSR count). The van der Waals surface area contributed by atoms with Gasteiger partial charge in [-0.1, -0.05) is 0 Å². The van der Waals surface area contributed by atoms with Crippen LogP contribution in [0.3, 0.4) is 0 Å². The molecule has 0 aliphatic carbocycles. The van der Waals surface area contributed by atoms with Crippen LogP contribution in [-0.2, 0) is 21.0 Å². The number of sulfonamides is 1. The van der Waals surface area contributed by atoms with E-state index in [1.54, 1.807) is 24.3 Å². The Kier molecular flexibility index (Phi) is 6.78. The molecule has 5 nitrogen and oxygen atoms in total. The first-order valence-electron chi connectivity index (χ1n) is 9.23. The van der Waals surface area contributed by atoms with Gasteiger partial charge in [0.2, 0.25) is 15.9 Å². The number of amides is 1. The second kappa shape index (κ2) is 8.99. The number of nitrogens with one attached hydrogen (secondary N) is 1. The van der Waals surface area contributed by atoms with Gasteiger partial charge in [-0.15, -0.1) is 11.8 Å². The Morgan fingerprint density at radius 3 is 2.10 bits per heavy atom. The quantitative estimate of drug-likeness (QED) is 0.672. The average Bonchev–Trinajstić information content (AvgIpc) is 2.73. The van der Waals surface area contributed by atoms with Crippen molar-refractivity contribution in [3.63, 3.8) is 0 Å². The SMILES string of the molecule is CSc1ccc(S(=O)(=O)N2CCC(C(=O)Nc3ccc(C(F)(F)F)cc3)CC2)cc1. The van der Waals surface area contributed by atoms with Crippen LogP contribution in [0.4, 0.5) is 18.9 Å². The molecule has 1 heterocycles. The van der Waals surface area contributed by atoms with E-state index in [2.05, 4.69) is 5.32 Å². The maximum atomic E-state index is 12.8. The Bertz CT molecular complexity index is 983. The molecule has 0 bridgehead atoms. The van der Waals surface area contributed by atoms with Gasteiger partial charge in [-0.2, -0.15) is 17.5 Å². The zero-order chi connectivity index (χ0) is 21.9. The van der Waals surface area contributed by atoms with Gasteiger partial charge in [0.25, 0.3) is 0 Å². The standard InChI is InChI=1S/C20H21F3N2O3S2/c1-29-17-6-8-18(9-7-17)30(27,28)25-12-10-14(11-13-25)19(26)24-16-4-2-15(3-5-16)20(21,22)23/h2-9,14H,10-13H2,1H3,(H,24,26). The zero-order valence-electron chi connectivity index (χ0n) is 16.1. The fourth-order valence-electron chi connectivity index (χ4n) is 3.24. The first kappa shape index (κ1) is 22.6. The second-order valence-corrected chi connectivity index (χ2v) is 9.74. The minimum atomic E-state index is -4.43. The van der Waals surface area contributed by atoms with Crippen molar-refractivity contribution in [2.75, 3.05) is 24.7 Å². The van der Waals surface area contributed by atoms with Gasteiger partial charge in [0.15, 0.2) is 0 Å². The highest BCUT2D eigenvalue weighted by Crippen LogP contribution is 2.30. The Morgan fingerprint density at radius 1 is 1.03 bits per heavy atom. The third-order valence-corrected chi connectivity index (χ3v) is 7.66. The lowest BCUT2D eigenvalue weighted by atomic mass is 9.97.